The van der Waals surface area contributed by atoms with E-state index in [9.17, 15) is 9.59 Å². The highest BCUT2D eigenvalue weighted by atomic mass is 16.5. The summed E-state index contributed by atoms with van der Waals surface area (Å²) >= 11 is 0. The van der Waals surface area contributed by atoms with Gasteiger partial charge in [-0.2, -0.15) is 0 Å². The highest BCUT2D eigenvalue weighted by Gasteiger charge is 2.30. The lowest BCUT2D eigenvalue weighted by molar-refractivity contribution is -0.136. The van der Waals surface area contributed by atoms with Crippen LogP contribution in [0.2, 0.25) is 0 Å². The van der Waals surface area contributed by atoms with E-state index < -0.39 is 6.04 Å². The molecule has 0 bridgehead atoms. The summed E-state index contributed by atoms with van der Waals surface area (Å²) in [6.07, 6.45) is 0.963. The first kappa shape index (κ1) is 24.6. The summed E-state index contributed by atoms with van der Waals surface area (Å²) in [7, 11) is 3.26. The Morgan fingerprint density at radius 3 is 1.94 bits per heavy atom. The molecule has 0 aromatic heterocycles. The molecular weight excluding hydrogens is 418 g/mol. The summed E-state index contributed by atoms with van der Waals surface area (Å²) in [5.41, 5.74) is 1.79. The zero-order valence-corrected chi connectivity index (χ0v) is 20.0. The third kappa shape index (κ3) is 6.71. The van der Waals surface area contributed by atoms with Gasteiger partial charge in [0.15, 0.2) is 0 Å². The molecule has 1 fully saturated rings. The molecule has 7 nitrogen and oxygen atoms in total. The van der Waals surface area contributed by atoms with Gasteiger partial charge in [-0.25, -0.2) is 0 Å². The normalized spacial score (nSPS) is 15.2. The van der Waals surface area contributed by atoms with Crippen molar-refractivity contribution in [2.75, 3.05) is 46.9 Å². The summed E-state index contributed by atoms with van der Waals surface area (Å²) < 4.78 is 10.4. The van der Waals surface area contributed by atoms with E-state index in [0.717, 1.165) is 31.8 Å². The molecule has 1 heterocycles. The Labute approximate surface area is 196 Å². The number of piperazine rings is 1. The number of nitrogens with one attached hydrogen (secondary N) is 1. The van der Waals surface area contributed by atoms with Gasteiger partial charge in [-0.3, -0.25) is 14.5 Å². The summed E-state index contributed by atoms with van der Waals surface area (Å²) in [4.78, 5) is 30.2. The predicted octanol–water partition coefficient (Wildman–Crippen LogP) is 2.85. The first-order valence-corrected chi connectivity index (χ1v) is 11.5. The van der Waals surface area contributed by atoms with Gasteiger partial charge in [0.2, 0.25) is 5.91 Å². The summed E-state index contributed by atoms with van der Waals surface area (Å²) in [5.74, 6) is 1.29. The Morgan fingerprint density at radius 1 is 0.879 bits per heavy atom. The van der Waals surface area contributed by atoms with Gasteiger partial charge in [0.25, 0.3) is 5.91 Å². The SMILES string of the molecule is COc1ccc(CCN2CCN(C(=O)C(NC(=O)c3ccc(OC)cc3)C(C)C)CC2)cc1. The lowest BCUT2D eigenvalue weighted by atomic mass is 10.0. The topological polar surface area (TPSA) is 71.1 Å². The summed E-state index contributed by atoms with van der Waals surface area (Å²) in [6, 6.07) is 14.5. The fraction of sp³-hybridized carbons (Fsp3) is 0.462. The number of benzene rings is 2. The highest BCUT2D eigenvalue weighted by Crippen LogP contribution is 2.15. The molecule has 1 aliphatic heterocycles. The molecule has 1 N–H and O–H groups in total. The number of hydrogen-bond donors (Lipinski definition) is 1. The first-order valence-electron chi connectivity index (χ1n) is 11.5. The molecule has 0 saturated carbocycles. The Hall–Kier alpha value is -3.06. The van der Waals surface area contributed by atoms with Gasteiger partial charge in [-0.05, 0) is 54.3 Å². The van der Waals surface area contributed by atoms with E-state index >= 15 is 0 Å². The summed E-state index contributed by atoms with van der Waals surface area (Å²) in [5, 5.41) is 2.94. The zero-order chi connectivity index (χ0) is 23.8. The fourth-order valence-electron chi connectivity index (χ4n) is 3.95. The van der Waals surface area contributed by atoms with Crippen molar-refractivity contribution in [1.29, 1.82) is 0 Å². The second-order valence-corrected chi connectivity index (χ2v) is 8.69. The van der Waals surface area contributed by atoms with Crippen LogP contribution in [0, 0.1) is 5.92 Å². The van der Waals surface area contributed by atoms with Gasteiger partial charge in [0.1, 0.15) is 17.5 Å². The smallest absolute Gasteiger partial charge is 0.251 e. The predicted molar refractivity (Wildman–Crippen MR) is 129 cm³/mol. The lowest BCUT2D eigenvalue weighted by Crippen LogP contribution is -2.56. The quantitative estimate of drug-likeness (QED) is 0.632. The first-order chi connectivity index (χ1) is 15.9. The van der Waals surface area contributed by atoms with Crippen molar-refractivity contribution in [2.24, 2.45) is 5.92 Å². The minimum absolute atomic E-state index is 0.00667. The number of carbonyl (C=O) groups is 2. The van der Waals surface area contributed by atoms with E-state index in [-0.39, 0.29) is 17.7 Å². The van der Waals surface area contributed by atoms with E-state index in [1.165, 1.54) is 5.56 Å². The van der Waals surface area contributed by atoms with Gasteiger partial charge >= 0.3 is 0 Å². The van der Waals surface area contributed by atoms with Crippen molar-refractivity contribution in [2.45, 2.75) is 26.3 Å². The number of amides is 2. The van der Waals surface area contributed by atoms with Crippen LogP contribution in [0.1, 0.15) is 29.8 Å². The monoisotopic (exact) mass is 453 g/mol. The third-order valence-electron chi connectivity index (χ3n) is 6.13. The van der Waals surface area contributed by atoms with E-state index in [4.69, 9.17) is 9.47 Å². The molecule has 0 spiro atoms. The zero-order valence-electron chi connectivity index (χ0n) is 20.0. The van der Waals surface area contributed by atoms with Gasteiger partial charge in [0.05, 0.1) is 14.2 Å². The molecular formula is C26H35N3O4. The molecule has 1 atom stereocenters. The Balaban J connectivity index is 1.50. The number of methoxy groups -OCH3 is 2. The number of carbonyl (C=O) groups excluding carboxylic acids is 2. The van der Waals surface area contributed by atoms with Gasteiger partial charge in [-0.15, -0.1) is 0 Å². The molecule has 2 aromatic carbocycles. The van der Waals surface area contributed by atoms with Crippen LogP contribution < -0.4 is 14.8 Å². The lowest BCUT2D eigenvalue weighted by Gasteiger charge is -2.37. The molecule has 178 valence electrons. The molecule has 2 amide bonds. The highest BCUT2D eigenvalue weighted by molar-refractivity contribution is 5.97. The van der Waals surface area contributed by atoms with Crippen molar-refractivity contribution in [1.82, 2.24) is 15.1 Å². The van der Waals surface area contributed by atoms with Gasteiger partial charge in [0, 0.05) is 38.3 Å². The van der Waals surface area contributed by atoms with Gasteiger partial charge in [-0.1, -0.05) is 26.0 Å². The summed E-state index contributed by atoms with van der Waals surface area (Å²) in [6.45, 7) is 7.88. The minimum atomic E-state index is -0.551. The average Bonchev–Trinajstić information content (AvgIpc) is 2.86. The standard InChI is InChI=1S/C26H35N3O4/c1-19(2)24(27-25(30)21-7-11-23(33-4)12-8-21)26(31)29-17-15-28(16-18-29)14-13-20-5-9-22(32-3)10-6-20/h5-12,19,24H,13-18H2,1-4H3,(H,27,30). The molecule has 2 aromatic rings. The molecule has 0 radical (unpaired) electrons. The van der Waals surface area contributed by atoms with Crippen LogP contribution in [-0.4, -0.2) is 74.6 Å². The molecule has 1 aliphatic rings. The second kappa shape index (κ2) is 11.7. The molecule has 0 aliphatic carbocycles. The average molecular weight is 454 g/mol. The molecule has 1 saturated heterocycles. The maximum Gasteiger partial charge on any atom is 0.251 e. The number of hydrogen-bond acceptors (Lipinski definition) is 5. The van der Waals surface area contributed by atoms with Crippen LogP contribution in [0.15, 0.2) is 48.5 Å². The molecule has 7 heteroatoms. The third-order valence-corrected chi connectivity index (χ3v) is 6.13. The van der Waals surface area contributed by atoms with Crippen LogP contribution in [0.5, 0.6) is 11.5 Å². The van der Waals surface area contributed by atoms with Crippen LogP contribution in [0.3, 0.4) is 0 Å². The van der Waals surface area contributed by atoms with E-state index in [1.54, 1.807) is 38.5 Å². The Bertz CT molecular complexity index is 904. The molecule has 33 heavy (non-hydrogen) atoms. The van der Waals surface area contributed by atoms with Crippen molar-refractivity contribution in [3.05, 3.63) is 59.7 Å². The molecule has 1 unspecified atom stereocenters. The van der Waals surface area contributed by atoms with Crippen LogP contribution in [0.4, 0.5) is 0 Å². The Morgan fingerprint density at radius 2 is 1.42 bits per heavy atom. The van der Waals surface area contributed by atoms with Crippen molar-refractivity contribution in [3.8, 4) is 11.5 Å². The van der Waals surface area contributed by atoms with Crippen LogP contribution in [0.25, 0.3) is 0 Å². The van der Waals surface area contributed by atoms with Gasteiger partial charge < -0.3 is 19.7 Å². The van der Waals surface area contributed by atoms with E-state index in [1.807, 2.05) is 30.9 Å². The maximum atomic E-state index is 13.2. The van der Waals surface area contributed by atoms with Crippen molar-refractivity contribution < 1.29 is 19.1 Å². The fourth-order valence-corrected chi connectivity index (χ4v) is 3.95. The van der Waals surface area contributed by atoms with E-state index in [2.05, 4.69) is 22.3 Å². The maximum absolute atomic E-state index is 13.2. The van der Waals surface area contributed by atoms with Crippen LogP contribution >= 0.6 is 0 Å². The number of ether oxygens (including phenoxy) is 2. The number of nitrogens with zero attached hydrogens (tertiary/aromatic N) is 2. The largest absolute Gasteiger partial charge is 0.497 e. The van der Waals surface area contributed by atoms with Crippen molar-refractivity contribution >= 4 is 11.8 Å². The molecule has 3 rings (SSSR count). The second-order valence-electron chi connectivity index (χ2n) is 8.69. The minimum Gasteiger partial charge on any atom is -0.497 e. The number of rotatable bonds is 9. The van der Waals surface area contributed by atoms with Crippen LogP contribution in [-0.2, 0) is 11.2 Å². The Kier molecular flexibility index (Phi) is 8.72. The van der Waals surface area contributed by atoms with E-state index in [0.29, 0.717) is 24.4 Å². The van der Waals surface area contributed by atoms with Crippen molar-refractivity contribution in [3.63, 3.8) is 0 Å².